The molecule has 0 aromatic carbocycles. The van der Waals surface area contributed by atoms with Gasteiger partial charge in [-0.1, -0.05) is 65.2 Å². The number of unbranched alkanes of at least 4 members (excludes halogenated alkanes) is 8. The van der Waals surface area contributed by atoms with Gasteiger partial charge in [-0.25, -0.2) is 0 Å². The van der Waals surface area contributed by atoms with E-state index in [1.54, 1.807) is 0 Å². The van der Waals surface area contributed by atoms with Crippen molar-refractivity contribution >= 4 is 0 Å². The van der Waals surface area contributed by atoms with Crippen LogP contribution in [0.1, 0.15) is 78.1 Å². The van der Waals surface area contributed by atoms with Crippen molar-refractivity contribution in [2.24, 2.45) is 0 Å². The van der Waals surface area contributed by atoms with Crippen molar-refractivity contribution in [2.45, 2.75) is 78.1 Å². The molecular weight excluding hydrogens is 256 g/mol. The largest absolute Gasteiger partial charge is 0.328 e. The van der Waals surface area contributed by atoms with E-state index >= 15 is 0 Å². The van der Waals surface area contributed by atoms with Crippen LogP contribution in [0, 0.1) is 10.1 Å². The van der Waals surface area contributed by atoms with Gasteiger partial charge in [-0.05, 0) is 33.0 Å². The fourth-order valence-electron chi connectivity index (χ4n) is 2.08. The van der Waals surface area contributed by atoms with E-state index in [4.69, 9.17) is 15.3 Å². The minimum absolute atomic E-state index is 1.30. The lowest BCUT2D eigenvalue weighted by Gasteiger charge is -2.16. The summed E-state index contributed by atoms with van der Waals surface area (Å²) in [6, 6.07) is 0. The molecule has 0 aromatic heterocycles. The summed E-state index contributed by atoms with van der Waals surface area (Å²) in [5, 5.41) is 13.6. The Hall–Kier alpha value is -0.840. The number of rotatable bonds is 12. The summed E-state index contributed by atoms with van der Waals surface area (Å²) < 4.78 is 0. The fraction of sp³-hybridized carbons (Fsp3) is 1.00. The molecule has 1 N–H and O–H groups in total. The Morgan fingerprint density at radius 3 is 1.45 bits per heavy atom. The number of hydrogen-bond acceptors (Lipinski definition) is 3. The normalized spacial score (nSPS) is 10.2. The average Bonchev–Trinajstić information content (AvgIpc) is 2.37. The van der Waals surface area contributed by atoms with Crippen LogP contribution in [-0.4, -0.2) is 35.3 Å². The minimum Gasteiger partial charge on any atom is -0.328 e. The van der Waals surface area contributed by atoms with Gasteiger partial charge in [0.2, 0.25) is 0 Å². The lowest BCUT2D eigenvalue weighted by atomic mass is 10.1. The Labute approximate surface area is 124 Å². The van der Waals surface area contributed by atoms with Gasteiger partial charge in [-0.3, -0.25) is 0 Å². The first-order valence-corrected chi connectivity index (χ1v) is 8.06. The van der Waals surface area contributed by atoms with E-state index in [2.05, 4.69) is 25.8 Å². The topological polar surface area (TPSA) is 66.6 Å². The maximum absolute atomic E-state index is 8.36. The van der Waals surface area contributed by atoms with Crippen molar-refractivity contribution < 1.29 is 10.3 Å². The minimum atomic E-state index is -1.50. The molecule has 0 saturated heterocycles. The molecule has 0 aromatic rings. The molecule has 0 radical (unpaired) electrons. The fourth-order valence-corrected chi connectivity index (χ4v) is 2.08. The van der Waals surface area contributed by atoms with Crippen molar-refractivity contribution in [3.8, 4) is 0 Å². The van der Waals surface area contributed by atoms with E-state index in [0.29, 0.717) is 0 Å². The van der Waals surface area contributed by atoms with Crippen molar-refractivity contribution in [2.75, 3.05) is 20.1 Å². The van der Waals surface area contributed by atoms with Crippen LogP contribution in [0.3, 0.4) is 0 Å². The maximum Gasteiger partial charge on any atom is 0.291 e. The van der Waals surface area contributed by atoms with E-state index in [-0.39, 0.29) is 0 Å². The van der Waals surface area contributed by atoms with Gasteiger partial charge in [-0.2, -0.15) is 0 Å². The zero-order valence-corrected chi connectivity index (χ0v) is 13.6. The summed E-state index contributed by atoms with van der Waals surface area (Å²) in [6.45, 7) is 7.17. The molecule has 0 rings (SSSR count). The first-order chi connectivity index (χ1) is 9.54. The van der Waals surface area contributed by atoms with Crippen LogP contribution in [0.15, 0.2) is 0 Å². The highest BCUT2D eigenvalue weighted by atomic mass is 16.9. The van der Waals surface area contributed by atoms with Crippen LogP contribution in [0.4, 0.5) is 0 Å². The van der Waals surface area contributed by atoms with Crippen molar-refractivity contribution in [3.05, 3.63) is 10.1 Å². The lowest BCUT2D eigenvalue weighted by Crippen LogP contribution is -2.20. The first kappa shape index (κ1) is 21.5. The molecular formula is C15H34N2O3. The Bertz CT molecular complexity index is 184. The van der Waals surface area contributed by atoms with E-state index in [9.17, 15) is 0 Å². The van der Waals surface area contributed by atoms with Gasteiger partial charge in [0.15, 0.2) is 0 Å². The predicted octanol–water partition coefficient (Wildman–Crippen LogP) is 4.51. The van der Waals surface area contributed by atoms with E-state index in [0.717, 1.165) is 0 Å². The summed E-state index contributed by atoms with van der Waals surface area (Å²) in [6.07, 6.45) is 14.0. The van der Waals surface area contributed by atoms with Gasteiger partial charge in [0.25, 0.3) is 5.09 Å². The molecule has 0 unspecified atom stereocenters. The smallest absolute Gasteiger partial charge is 0.291 e. The standard InChI is InChI=1S/C15H33N.HNO3/c1-4-6-8-10-12-14-16(3)15-13-11-9-7-5-2;2-1(3)4/h4-15H2,1-3H3;(H,2,3,4). The molecule has 0 bridgehead atoms. The first-order valence-electron chi connectivity index (χ1n) is 8.06. The summed E-state index contributed by atoms with van der Waals surface area (Å²) in [7, 11) is 2.28. The van der Waals surface area contributed by atoms with Crippen molar-refractivity contribution in [1.29, 1.82) is 0 Å². The number of nitrogens with zero attached hydrogens (tertiary/aromatic N) is 2. The molecule has 0 heterocycles. The summed E-state index contributed by atoms with van der Waals surface area (Å²) in [5.41, 5.74) is 0. The van der Waals surface area contributed by atoms with Crippen LogP contribution in [0.5, 0.6) is 0 Å². The van der Waals surface area contributed by atoms with Crippen molar-refractivity contribution in [1.82, 2.24) is 4.90 Å². The Balaban J connectivity index is 0. The third-order valence-electron chi connectivity index (χ3n) is 3.29. The molecule has 0 atom stereocenters. The molecule has 0 aliphatic carbocycles. The summed E-state index contributed by atoms with van der Waals surface area (Å²) in [5.74, 6) is 0. The quantitative estimate of drug-likeness (QED) is 0.326. The highest BCUT2D eigenvalue weighted by molar-refractivity contribution is 4.53. The Kier molecular flexibility index (Phi) is 19.5. The molecule has 0 aliphatic rings. The second kappa shape index (κ2) is 18.2. The average molecular weight is 290 g/mol. The molecule has 0 amide bonds. The third-order valence-corrected chi connectivity index (χ3v) is 3.29. The van der Waals surface area contributed by atoms with Gasteiger partial charge in [0, 0.05) is 0 Å². The summed E-state index contributed by atoms with van der Waals surface area (Å²) >= 11 is 0. The lowest BCUT2D eigenvalue weighted by molar-refractivity contribution is -0.742. The Morgan fingerprint density at radius 1 is 0.850 bits per heavy atom. The monoisotopic (exact) mass is 290 g/mol. The molecule has 0 fully saturated rings. The second-order valence-electron chi connectivity index (χ2n) is 5.37. The SMILES string of the molecule is CCCCCCCN(C)CCCCCCC.O=[N+]([O-])O. The van der Waals surface area contributed by atoms with Crippen LogP contribution in [-0.2, 0) is 0 Å². The van der Waals surface area contributed by atoms with Gasteiger partial charge < -0.3 is 10.1 Å². The van der Waals surface area contributed by atoms with Crippen LogP contribution >= 0.6 is 0 Å². The molecule has 5 nitrogen and oxygen atoms in total. The third kappa shape index (κ3) is 25.9. The maximum atomic E-state index is 8.36. The molecule has 20 heavy (non-hydrogen) atoms. The van der Waals surface area contributed by atoms with Crippen LogP contribution in [0.2, 0.25) is 0 Å². The van der Waals surface area contributed by atoms with Gasteiger partial charge in [-0.15, -0.1) is 10.1 Å². The molecule has 5 heteroatoms. The van der Waals surface area contributed by atoms with Gasteiger partial charge >= 0.3 is 0 Å². The zero-order chi connectivity index (χ0) is 15.6. The molecule has 0 spiro atoms. The summed E-state index contributed by atoms with van der Waals surface area (Å²) in [4.78, 5) is 10.9. The van der Waals surface area contributed by atoms with Gasteiger partial charge in [0.1, 0.15) is 0 Å². The highest BCUT2D eigenvalue weighted by Gasteiger charge is 1.97. The molecule has 122 valence electrons. The van der Waals surface area contributed by atoms with E-state index in [1.165, 1.54) is 77.3 Å². The van der Waals surface area contributed by atoms with Gasteiger partial charge in [0.05, 0.1) is 0 Å². The van der Waals surface area contributed by atoms with Crippen molar-refractivity contribution in [3.63, 3.8) is 0 Å². The second-order valence-corrected chi connectivity index (χ2v) is 5.37. The predicted molar refractivity (Wildman–Crippen MR) is 83.8 cm³/mol. The van der Waals surface area contributed by atoms with E-state index < -0.39 is 5.09 Å². The highest BCUT2D eigenvalue weighted by Crippen LogP contribution is 2.05. The Morgan fingerprint density at radius 2 is 1.15 bits per heavy atom. The molecule has 0 aliphatic heterocycles. The molecule has 0 saturated carbocycles. The zero-order valence-electron chi connectivity index (χ0n) is 13.6. The van der Waals surface area contributed by atoms with Crippen LogP contribution < -0.4 is 0 Å². The van der Waals surface area contributed by atoms with E-state index in [1.807, 2.05) is 0 Å². The number of hydrogen-bond donors (Lipinski definition) is 1. The van der Waals surface area contributed by atoms with Crippen LogP contribution in [0.25, 0.3) is 0 Å².